The zero-order chi connectivity index (χ0) is 19.3. The van der Waals surface area contributed by atoms with Crippen LogP contribution in [0.4, 0.5) is 11.4 Å². The monoisotopic (exact) mass is 424 g/mol. The van der Waals surface area contributed by atoms with Crippen LogP contribution in [0.5, 0.6) is 0 Å². The Morgan fingerprint density at radius 3 is 2.33 bits per heavy atom. The van der Waals surface area contributed by atoms with Gasteiger partial charge in [-0.2, -0.15) is 0 Å². The summed E-state index contributed by atoms with van der Waals surface area (Å²) in [6.45, 7) is 8.50. The van der Waals surface area contributed by atoms with E-state index in [0.717, 1.165) is 27.1 Å². The second kappa shape index (κ2) is 6.52. The van der Waals surface area contributed by atoms with Crippen molar-refractivity contribution in [2.45, 2.75) is 40.2 Å². The van der Waals surface area contributed by atoms with Gasteiger partial charge in [-0.05, 0) is 60.2 Å². The van der Waals surface area contributed by atoms with Crippen LogP contribution in [0, 0.1) is 25.2 Å². The topological polar surface area (TPSA) is 41.1 Å². The molecular weight excluding hydrogens is 400 g/mol. The van der Waals surface area contributed by atoms with E-state index in [1.165, 1.54) is 11.1 Å². The van der Waals surface area contributed by atoms with Crippen molar-refractivity contribution in [1.29, 1.82) is 0 Å². The maximum atomic E-state index is 13.2. The molecular formula is C23H25BrN2O. The second-order valence-corrected chi connectivity index (χ2v) is 9.41. The number of fused-ring (bicyclic) bond motifs is 2. The Hall–Kier alpha value is -2.07. The molecule has 3 nitrogen and oxygen atoms in total. The predicted octanol–water partition coefficient (Wildman–Crippen LogP) is 6.14. The molecule has 2 aliphatic rings. The quantitative estimate of drug-likeness (QED) is 0.576. The summed E-state index contributed by atoms with van der Waals surface area (Å²) < 4.78 is 1.04. The summed E-state index contributed by atoms with van der Waals surface area (Å²) in [7, 11) is 0. The standard InChI is InChI=1S/C23H25BrN2O/c1-13-9-17-18(10-14(13)2)26-22(15-5-7-16(24)8-6-15)21-19(25-17)11-23(3,4)12-20(21)27/h5-11,21-22,25-26H,12H2,1-4H3/t21-,22-/m1/s1. The Balaban J connectivity index is 1.89. The van der Waals surface area contributed by atoms with Crippen LogP contribution in [-0.2, 0) is 4.79 Å². The minimum Gasteiger partial charge on any atom is -0.375 e. The molecule has 2 atom stereocenters. The second-order valence-electron chi connectivity index (χ2n) is 8.49. The fraction of sp³-hybridized carbons (Fsp3) is 0.348. The number of carbonyl (C=O) groups excluding carboxylic acids is 1. The highest BCUT2D eigenvalue weighted by atomic mass is 79.9. The summed E-state index contributed by atoms with van der Waals surface area (Å²) in [5.74, 6) is 0.0684. The maximum Gasteiger partial charge on any atom is 0.145 e. The number of allylic oxidation sites excluding steroid dienone is 1. The molecule has 0 saturated carbocycles. The van der Waals surface area contributed by atoms with E-state index in [4.69, 9.17) is 0 Å². The molecule has 0 fully saturated rings. The van der Waals surface area contributed by atoms with Gasteiger partial charge in [-0.15, -0.1) is 0 Å². The summed E-state index contributed by atoms with van der Waals surface area (Å²) >= 11 is 3.51. The van der Waals surface area contributed by atoms with Crippen molar-refractivity contribution < 1.29 is 4.79 Å². The molecule has 0 saturated heterocycles. The smallest absolute Gasteiger partial charge is 0.145 e. The summed E-state index contributed by atoms with van der Waals surface area (Å²) in [5, 5.41) is 7.28. The summed E-state index contributed by atoms with van der Waals surface area (Å²) in [6, 6.07) is 12.5. The van der Waals surface area contributed by atoms with E-state index in [1.54, 1.807) is 0 Å². The van der Waals surface area contributed by atoms with Crippen LogP contribution < -0.4 is 10.6 Å². The van der Waals surface area contributed by atoms with Crippen LogP contribution in [0.2, 0.25) is 0 Å². The number of halogens is 1. The van der Waals surface area contributed by atoms with Gasteiger partial charge in [0, 0.05) is 16.6 Å². The van der Waals surface area contributed by atoms with Crippen molar-refractivity contribution in [3.05, 3.63) is 69.3 Å². The van der Waals surface area contributed by atoms with Gasteiger partial charge < -0.3 is 10.6 Å². The Bertz CT molecular complexity index is 944. The molecule has 0 bridgehead atoms. The molecule has 1 aliphatic carbocycles. The fourth-order valence-corrected chi connectivity index (χ4v) is 4.43. The molecule has 0 unspecified atom stereocenters. The number of aryl methyl sites for hydroxylation is 2. The molecule has 1 heterocycles. The highest BCUT2D eigenvalue weighted by molar-refractivity contribution is 9.10. The van der Waals surface area contributed by atoms with E-state index >= 15 is 0 Å². The number of anilines is 2. The Labute approximate surface area is 169 Å². The van der Waals surface area contributed by atoms with Gasteiger partial charge in [-0.3, -0.25) is 4.79 Å². The van der Waals surface area contributed by atoms with Crippen molar-refractivity contribution in [3.63, 3.8) is 0 Å². The van der Waals surface area contributed by atoms with Gasteiger partial charge in [-0.25, -0.2) is 0 Å². The molecule has 1 aliphatic heterocycles. The third-order valence-corrected chi connectivity index (χ3v) is 6.17. The molecule has 0 spiro atoms. The van der Waals surface area contributed by atoms with E-state index < -0.39 is 0 Å². The highest BCUT2D eigenvalue weighted by Crippen LogP contribution is 2.45. The summed E-state index contributed by atoms with van der Waals surface area (Å²) in [5.41, 5.74) is 6.57. The van der Waals surface area contributed by atoms with Crippen molar-refractivity contribution in [1.82, 2.24) is 0 Å². The van der Waals surface area contributed by atoms with Crippen molar-refractivity contribution >= 4 is 33.1 Å². The lowest BCUT2D eigenvalue weighted by Gasteiger charge is -2.35. The normalized spacial score (nSPS) is 23.3. The van der Waals surface area contributed by atoms with E-state index in [0.29, 0.717) is 6.42 Å². The van der Waals surface area contributed by atoms with Gasteiger partial charge in [0.2, 0.25) is 0 Å². The third kappa shape index (κ3) is 3.43. The number of rotatable bonds is 1. The van der Waals surface area contributed by atoms with Gasteiger partial charge in [-0.1, -0.05) is 48.0 Å². The molecule has 4 heteroatoms. The number of nitrogens with one attached hydrogen (secondary N) is 2. The van der Waals surface area contributed by atoms with Gasteiger partial charge in [0.15, 0.2) is 0 Å². The molecule has 2 aromatic rings. The number of hydrogen-bond donors (Lipinski definition) is 2. The van der Waals surface area contributed by atoms with Gasteiger partial charge in [0.05, 0.1) is 23.3 Å². The van der Waals surface area contributed by atoms with E-state index in [1.807, 2.05) is 12.1 Å². The number of benzene rings is 2. The molecule has 2 aromatic carbocycles. The van der Waals surface area contributed by atoms with Crippen LogP contribution in [0.1, 0.15) is 43.0 Å². The van der Waals surface area contributed by atoms with E-state index in [-0.39, 0.29) is 23.2 Å². The SMILES string of the molecule is Cc1cc2c(cc1C)N[C@H](c1ccc(Br)cc1)[C@H]1C(=O)CC(C)(C)C=C1N2. The number of hydrogen-bond acceptors (Lipinski definition) is 3. The average molecular weight is 425 g/mol. The van der Waals surface area contributed by atoms with Gasteiger partial charge >= 0.3 is 0 Å². The number of ketones is 1. The molecule has 2 N–H and O–H groups in total. The lowest BCUT2D eigenvalue weighted by atomic mass is 9.72. The molecule has 0 radical (unpaired) electrons. The Morgan fingerprint density at radius 1 is 1.04 bits per heavy atom. The third-order valence-electron chi connectivity index (χ3n) is 5.64. The Morgan fingerprint density at radius 2 is 1.67 bits per heavy atom. The maximum absolute atomic E-state index is 13.2. The molecule has 0 aromatic heterocycles. The fourth-order valence-electron chi connectivity index (χ4n) is 4.16. The van der Waals surface area contributed by atoms with Gasteiger partial charge in [0.1, 0.15) is 5.78 Å². The van der Waals surface area contributed by atoms with Crippen LogP contribution in [-0.4, -0.2) is 5.78 Å². The lowest BCUT2D eigenvalue weighted by Crippen LogP contribution is -2.36. The van der Waals surface area contributed by atoms with Crippen LogP contribution in [0.15, 0.2) is 52.6 Å². The lowest BCUT2D eigenvalue weighted by molar-refractivity contribution is -0.124. The molecule has 27 heavy (non-hydrogen) atoms. The summed E-state index contributed by atoms with van der Waals surface area (Å²) in [6.07, 6.45) is 2.81. The predicted molar refractivity (Wildman–Crippen MR) is 115 cm³/mol. The first-order valence-electron chi connectivity index (χ1n) is 9.39. The van der Waals surface area contributed by atoms with Crippen LogP contribution in [0.3, 0.4) is 0 Å². The van der Waals surface area contributed by atoms with Crippen LogP contribution >= 0.6 is 15.9 Å². The zero-order valence-corrected chi connectivity index (χ0v) is 17.8. The zero-order valence-electron chi connectivity index (χ0n) is 16.2. The first-order valence-corrected chi connectivity index (χ1v) is 10.2. The highest BCUT2D eigenvalue weighted by Gasteiger charge is 2.41. The van der Waals surface area contributed by atoms with E-state index in [9.17, 15) is 4.79 Å². The largest absolute Gasteiger partial charge is 0.375 e. The first-order chi connectivity index (χ1) is 12.7. The first kappa shape index (κ1) is 18.3. The Kier molecular flexibility index (Phi) is 4.42. The molecule has 0 amide bonds. The van der Waals surface area contributed by atoms with E-state index in [2.05, 4.69) is 84.6 Å². The molecule has 4 rings (SSSR count). The van der Waals surface area contributed by atoms with Crippen molar-refractivity contribution in [3.8, 4) is 0 Å². The van der Waals surface area contributed by atoms with Gasteiger partial charge in [0.25, 0.3) is 0 Å². The average Bonchev–Trinajstić information content (AvgIpc) is 2.71. The number of carbonyl (C=O) groups is 1. The summed E-state index contributed by atoms with van der Waals surface area (Å²) in [4.78, 5) is 13.2. The van der Waals surface area contributed by atoms with Crippen LogP contribution in [0.25, 0.3) is 0 Å². The number of Topliss-reactive ketones (excluding diaryl/α,β-unsaturated/α-hetero) is 1. The minimum atomic E-state index is -0.216. The van der Waals surface area contributed by atoms with Crippen molar-refractivity contribution in [2.24, 2.45) is 11.3 Å². The van der Waals surface area contributed by atoms with Crippen molar-refractivity contribution in [2.75, 3.05) is 10.6 Å². The minimum absolute atomic E-state index is 0.0937. The molecule has 140 valence electrons.